The Morgan fingerprint density at radius 2 is 2.18 bits per heavy atom. The molecule has 1 unspecified atom stereocenters. The van der Waals surface area contributed by atoms with Crippen molar-refractivity contribution in [2.75, 3.05) is 26.4 Å². The van der Waals surface area contributed by atoms with Crippen molar-refractivity contribution in [3.8, 4) is 11.5 Å². The fourth-order valence-corrected chi connectivity index (χ4v) is 1.76. The van der Waals surface area contributed by atoms with E-state index >= 15 is 0 Å². The average molecular weight is 236 g/mol. The van der Waals surface area contributed by atoms with Gasteiger partial charge in [0.2, 0.25) is 6.79 Å². The highest BCUT2D eigenvalue weighted by Gasteiger charge is 2.12. The maximum Gasteiger partial charge on any atom is 0.231 e. The molecule has 3 N–H and O–H groups in total. The number of rotatable bonds is 6. The Balaban J connectivity index is 1.76. The molecule has 1 atom stereocenters. The van der Waals surface area contributed by atoms with Gasteiger partial charge in [-0.05, 0) is 49.7 Å². The van der Waals surface area contributed by atoms with Gasteiger partial charge in [-0.1, -0.05) is 13.0 Å². The van der Waals surface area contributed by atoms with Crippen molar-refractivity contribution in [1.82, 2.24) is 5.32 Å². The maximum absolute atomic E-state index is 5.56. The van der Waals surface area contributed by atoms with Crippen molar-refractivity contribution in [1.29, 1.82) is 0 Å². The molecule has 0 spiro atoms. The van der Waals surface area contributed by atoms with Crippen molar-refractivity contribution >= 4 is 0 Å². The lowest BCUT2D eigenvalue weighted by atomic mass is 10.1. The first-order chi connectivity index (χ1) is 8.29. The second-order valence-corrected chi connectivity index (χ2v) is 4.48. The van der Waals surface area contributed by atoms with E-state index in [1.165, 1.54) is 5.56 Å². The molecule has 0 fully saturated rings. The third kappa shape index (κ3) is 3.35. The van der Waals surface area contributed by atoms with Gasteiger partial charge in [-0.3, -0.25) is 0 Å². The summed E-state index contributed by atoms with van der Waals surface area (Å²) >= 11 is 0. The average Bonchev–Trinajstić information content (AvgIpc) is 2.81. The highest BCUT2D eigenvalue weighted by molar-refractivity contribution is 5.44. The number of nitrogens with two attached hydrogens (primary N) is 1. The van der Waals surface area contributed by atoms with Crippen LogP contribution in [0.5, 0.6) is 11.5 Å². The third-order valence-corrected chi connectivity index (χ3v) is 2.92. The van der Waals surface area contributed by atoms with Crippen LogP contribution in [0, 0.1) is 5.92 Å². The minimum Gasteiger partial charge on any atom is -0.454 e. The molecule has 2 rings (SSSR count). The van der Waals surface area contributed by atoms with Crippen molar-refractivity contribution in [2.45, 2.75) is 13.3 Å². The van der Waals surface area contributed by atoms with Crippen LogP contribution in [0.3, 0.4) is 0 Å². The van der Waals surface area contributed by atoms with Crippen LogP contribution in [-0.4, -0.2) is 26.4 Å². The summed E-state index contributed by atoms with van der Waals surface area (Å²) in [7, 11) is 0. The van der Waals surface area contributed by atoms with Gasteiger partial charge in [0.15, 0.2) is 11.5 Å². The molecule has 94 valence electrons. The summed E-state index contributed by atoms with van der Waals surface area (Å²) in [6.45, 7) is 5.15. The van der Waals surface area contributed by atoms with Crippen molar-refractivity contribution in [3.63, 3.8) is 0 Å². The fraction of sp³-hybridized carbons (Fsp3) is 0.538. The third-order valence-electron chi connectivity index (χ3n) is 2.92. The molecule has 4 nitrogen and oxygen atoms in total. The van der Waals surface area contributed by atoms with Crippen LogP contribution in [-0.2, 0) is 6.42 Å². The quantitative estimate of drug-likeness (QED) is 0.727. The number of benzene rings is 1. The summed E-state index contributed by atoms with van der Waals surface area (Å²) in [5.41, 5.74) is 6.82. The topological polar surface area (TPSA) is 56.5 Å². The van der Waals surface area contributed by atoms with E-state index in [0.717, 1.165) is 37.6 Å². The molecule has 0 aliphatic carbocycles. The van der Waals surface area contributed by atoms with E-state index in [9.17, 15) is 0 Å². The standard InChI is InChI=1S/C13H20N2O2/c1-10(7-14)8-15-5-4-11-2-3-12-13(6-11)17-9-16-12/h2-3,6,10,15H,4-5,7-9,14H2,1H3. The van der Waals surface area contributed by atoms with E-state index < -0.39 is 0 Å². The Kier molecular flexibility index (Phi) is 4.23. The van der Waals surface area contributed by atoms with Crippen molar-refractivity contribution in [2.24, 2.45) is 11.7 Å². The molecule has 17 heavy (non-hydrogen) atoms. The summed E-state index contributed by atoms with van der Waals surface area (Å²) < 4.78 is 10.6. The first-order valence-corrected chi connectivity index (χ1v) is 6.09. The minimum atomic E-state index is 0.338. The second kappa shape index (κ2) is 5.89. The van der Waals surface area contributed by atoms with Gasteiger partial charge in [0.25, 0.3) is 0 Å². The Hall–Kier alpha value is -1.26. The van der Waals surface area contributed by atoms with E-state index in [-0.39, 0.29) is 0 Å². The van der Waals surface area contributed by atoms with Crippen LogP contribution in [0.1, 0.15) is 12.5 Å². The van der Waals surface area contributed by atoms with Crippen LogP contribution >= 0.6 is 0 Å². The van der Waals surface area contributed by atoms with Gasteiger partial charge in [-0.2, -0.15) is 0 Å². The van der Waals surface area contributed by atoms with Crippen LogP contribution in [0.25, 0.3) is 0 Å². The van der Waals surface area contributed by atoms with Gasteiger partial charge in [0, 0.05) is 0 Å². The van der Waals surface area contributed by atoms with Gasteiger partial charge in [0.1, 0.15) is 0 Å². The first-order valence-electron chi connectivity index (χ1n) is 6.09. The van der Waals surface area contributed by atoms with Gasteiger partial charge in [-0.25, -0.2) is 0 Å². The van der Waals surface area contributed by atoms with Gasteiger partial charge in [0.05, 0.1) is 0 Å². The smallest absolute Gasteiger partial charge is 0.231 e. The predicted molar refractivity (Wildman–Crippen MR) is 67.4 cm³/mol. The maximum atomic E-state index is 5.56. The summed E-state index contributed by atoms with van der Waals surface area (Å²) in [6.07, 6.45) is 0.994. The Bertz CT molecular complexity index is 368. The Labute approximate surface area is 102 Å². The van der Waals surface area contributed by atoms with Crippen molar-refractivity contribution in [3.05, 3.63) is 23.8 Å². The Morgan fingerprint density at radius 1 is 1.35 bits per heavy atom. The normalized spacial score (nSPS) is 14.9. The van der Waals surface area contributed by atoms with E-state index in [4.69, 9.17) is 15.2 Å². The van der Waals surface area contributed by atoms with Crippen LogP contribution in [0.2, 0.25) is 0 Å². The first kappa shape index (κ1) is 12.2. The molecule has 0 aromatic heterocycles. The van der Waals surface area contributed by atoms with E-state index in [2.05, 4.69) is 24.4 Å². The molecular formula is C13H20N2O2. The largest absolute Gasteiger partial charge is 0.454 e. The molecule has 0 saturated heterocycles. The minimum absolute atomic E-state index is 0.338. The zero-order valence-corrected chi connectivity index (χ0v) is 10.2. The molecule has 1 heterocycles. The summed E-state index contributed by atoms with van der Waals surface area (Å²) in [5, 5.41) is 3.40. The number of nitrogens with one attached hydrogen (secondary N) is 1. The summed E-state index contributed by atoms with van der Waals surface area (Å²) in [6, 6.07) is 6.11. The highest BCUT2D eigenvalue weighted by Crippen LogP contribution is 2.32. The predicted octanol–water partition coefficient (Wildman–Crippen LogP) is 1.14. The van der Waals surface area contributed by atoms with E-state index in [0.29, 0.717) is 12.7 Å². The number of fused-ring (bicyclic) bond motifs is 1. The van der Waals surface area contributed by atoms with Gasteiger partial charge >= 0.3 is 0 Å². The lowest BCUT2D eigenvalue weighted by molar-refractivity contribution is 0.174. The fourth-order valence-electron chi connectivity index (χ4n) is 1.76. The second-order valence-electron chi connectivity index (χ2n) is 4.48. The molecule has 0 amide bonds. The summed E-state index contributed by atoms with van der Waals surface area (Å²) in [5.74, 6) is 2.24. The Morgan fingerprint density at radius 3 is 3.00 bits per heavy atom. The molecular weight excluding hydrogens is 216 g/mol. The molecule has 4 heteroatoms. The van der Waals surface area contributed by atoms with Crippen LogP contribution in [0.4, 0.5) is 0 Å². The van der Waals surface area contributed by atoms with E-state index in [1.807, 2.05) is 6.07 Å². The molecule has 1 aliphatic rings. The zero-order valence-electron chi connectivity index (χ0n) is 10.2. The van der Waals surface area contributed by atoms with E-state index in [1.54, 1.807) is 0 Å². The lowest BCUT2D eigenvalue weighted by Crippen LogP contribution is -2.27. The molecule has 0 radical (unpaired) electrons. The monoisotopic (exact) mass is 236 g/mol. The van der Waals surface area contributed by atoms with Gasteiger partial charge < -0.3 is 20.5 Å². The highest BCUT2D eigenvalue weighted by atomic mass is 16.7. The number of ether oxygens (including phenoxy) is 2. The lowest BCUT2D eigenvalue weighted by Gasteiger charge is -2.10. The van der Waals surface area contributed by atoms with Crippen LogP contribution in [0.15, 0.2) is 18.2 Å². The SMILES string of the molecule is CC(CN)CNCCc1ccc2c(c1)OCO2. The van der Waals surface area contributed by atoms with Gasteiger partial charge in [-0.15, -0.1) is 0 Å². The van der Waals surface area contributed by atoms with Crippen molar-refractivity contribution < 1.29 is 9.47 Å². The molecule has 0 bridgehead atoms. The summed E-state index contributed by atoms with van der Waals surface area (Å²) in [4.78, 5) is 0. The van der Waals surface area contributed by atoms with Crippen LogP contribution < -0.4 is 20.5 Å². The molecule has 1 aromatic carbocycles. The molecule has 0 saturated carbocycles. The molecule has 1 aromatic rings. The number of hydrogen-bond donors (Lipinski definition) is 2. The zero-order chi connectivity index (χ0) is 12.1. The number of hydrogen-bond acceptors (Lipinski definition) is 4. The molecule has 1 aliphatic heterocycles.